The molecule has 6 aromatic rings. The van der Waals surface area contributed by atoms with E-state index >= 15 is 0 Å². The Morgan fingerprint density at radius 1 is 0.814 bits per heavy atom. The summed E-state index contributed by atoms with van der Waals surface area (Å²) in [6, 6.07) is 10.8. The summed E-state index contributed by atoms with van der Waals surface area (Å²) in [5.74, 6) is -0.539. The van der Waals surface area contributed by atoms with Gasteiger partial charge in [0.1, 0.15) is 22.5 Å². The predicted octanol–water partition coefficient (Wildman–Crippen LogP) is 4.63. The molecule has 0 saturated heterocycles. The third kappa shape index (κ3) is 6.27. The lowest BCUT2D eigenvalue weighted by molar-refractivity contribution is -0.154. The van der Waals surface area contributed by atoms with Crippen LogP contribution in [0.3, 0.4) is 0 Å². The van der Waals surface area contributed by atoms with Crippen molar-refractivity contribution < 1.29 is 28.1 Å². The SMILES string of the molecule is Cc1cnccc1-c1cc(O)c2nc[nH]c(=O)c2c1.O=c1[nH]cnc2c(O)cc(-c3cccnc3OCC(F)(F)F)cc12. The Bertz CT molecular complexity index is 2080. The number of aromatic amines is 2. The molecule has 0 aliphatic rings. The van der Waals surface area contributed by atoms with Crippen LogP contribution < -0.4 is 15.9 Å². The average molecular weight is 591 g/mol. The Kier molecular flexibility index (Phi) is 7.75. The standard InChI is InChI=1S/C15H10F3N3O3.C14H11N3O2/c16-15(17,18)6-24-14-9(2-1-3-19-14)8-4-10-12(11(22)5-8)20-7-21-13(10)23;1-8-6-15-3-2-10(8)9-4-11-13(12(18)5-9)16-7-17-14(11)19/h1-5,7,22H,6H2,(H,20,21,23);2-7,18H,1H3,(H,16,17,19). The number of ether oxygens (including phenoxy) is 1. The summed E-state index contributed by atoms with van der Waals surface area (Å²) in [4.78, 5) is 44.2. The van der Waals surface area contributed by atoms with E-state index in [1.807, 2.05) is 13.0 Å². The minimum atomic E-state index is -4.51. The number of hydrogen-bond acceptors (Lipinski definition) is 9. The van der Waals surface area contributed by atoms with Crippen molar-refractivity contribution in [2.24, 2.45) is 0 Å². The van der Waals surface area contributed by atoms with Crippen LogP contribution in [0.25, 0.3) is 44.1 Å². The highest BCUT2D eigenvalue weighted by Crippen LogP contribution is 2.34. The number of phenols is 2. The first-order valence-electron chi connectivity index (χ1n) is 12.5. The number of phenolic OH excluding ortho intramolecular Hbond substituents is 2. The van der Waals surface area contributed by atoms with Crippen molar-refractivity contribution in [1.82, 2.24) is 29.9 Å². The first-order valence-corrected chi connectivity index (χ1v) is 12.5. The Hall–Kier alpha value is -5.79. The van der Waals surface area contributed by atoms with E-state index in [1.54, 1.807) is 24.5 Å². The molecule has 0 saturated carbocycles. The number of aromatic nitrogens is 6. The monoisotopic (exact) mass is 590 g/mol. The molecule has 4 N–H and O–H groups in total. The lowest BCUT2D eigenvalue weighted by Crippen LogP contribution is -2.19. The van der Waals surface area contributed by atoms with E-state index < -0.39 is 18.3 Å². The summed E-state index contributed by atoms with van der Waals surface area (Å²) in [6.07, 6.45) is 2.61. The number of aromatic hydroxyl groups is 2. The highest BCUT2D eigenvalue weighted by Gasteiger charge is 2.29. The average Bonchev–Trinajstić information content (AvgIpc) is 2.97. The molecule has 14 heteroatoms. The zero-order valence-corrected chi connectivity index (χ0v) is 22.2. The van der Waals surface area contributed by atoms with Gasteiger partial charge in [0.15, 0.2) is 6.61 Å². The molecule has 4 heterocycles. The Balaban J connectivity index is 0.000000176. The fourth-order valence-electron chi connectivity index (χ4n) is 4.31. The molecule has 2 aromatic carbocycles. The number of pyridine rings is 2. The van der Waals surface area contributed by atoms with Crippen LogP contribution in [0.4, 0.5) is 13.2 Å². The quantitative estimate of drug-likeness (QED) is 0.229. The van der Waals surface area contributed by atoms with Gasteiger partial charge in [-0.25, -0.2) is 15.0 Å². The molecule has 0 radical (unpaired) electrons. The van der Waals surface area contributed by atoms with Gasteiger partial charge in [-0.3, -0.25) is 14.6 Å². The number of rotatable bonds is 4. The topological polar surface area (TPSA) is 167 Å². The van der Waals surface area contributed by atoms with Crippen molar-refractivity contribution in [2.45, 2.75) is 13.1 Å². The number of aryl methyl sites for hydroxylation is 1. The van der Waals surface area contributed by atoms with E-state index in [9.17, 15) is 33.0 Å². The predicted molar refractivity (Wildman–Crippen MR) is 151 cm³/mol. The lowest BCUT2D eigenvalue weighted by Gasteiger charge is -2.12. The molecule has 0 fully saturated rings. The number of alkyl halides is 3. The molecule has 0 aliphatic heterocycles. The second-order valence-corrected chi connectivity index (χ2v) is 9.20. The smallest absolute Gasteiger partial charge is 0.422 e. The number of halogens is 3. The minimum absolute atomic E-state index is 0.00480. The molecular weight excluding hydrogens is 569 g/mol. The molecular formula is C29H21F3N6O5. The number of nitrogens with one attached hydrogen (secondary N) is 2. The van der Waals surface area contributed by atoms with Crippen LogP contribution in [0.5, 0.6) is 17.4 Å². The summed E-state index contributed by atoms with van der Waals surface area (Å²) < 4.78 is 41.8. The van der Waals surface area contributed by atoms with E-state index in [0.29, 0.717) is 10.9 Å². The largest absolute Gasteiger partial charge is 0.506 e. The van der Waals surface area contributed by atoms with Gasteiger partial charge in [0.25, 0.3) is 11.1 Å². The Labute approximate surface area is 239 Å². The van der Waals surface area contributed by atoms with E-state index in [4.69, 9.17) is 4.74 Å². The molecule has 0 aliphatic carbocycles. The van der Waals surface area contributed by atoms with Gasteiger partial charge in [0, 0.05) is 24.2 Å². The summed E-state index contributed by atoms with van der Waals surface area (Å²) in [5.41, 5.74) is 2.79. The van der Waals surface area contributed by atoms with Gasteiger partial charge in [-0.15, -0.1) is 0 Å². The van der Waals surface area contributed by atoms with Crippen LogP contribution in [0, 0.1) is 6.92 Å². The number of benzene rings is 2. The van der Waals surface area contributed by atoms with Gasteiger partial charge in [-0.2, -0.15) is 13.2 Å². The Morgan fingerprint density at radius 2 is 1.40 bits per heavy atom. The van der Waals surface area contributed by atoms with Crippen LogP contribution in [0.15, 0.2) is 83.3 Å². The van der Waals surface area contributed by atoms with E-state index in [-0.39, 0.29) is 45.0 Å². The summed E-state index contributed by atoms with van der Waals surface area (Å²) in [6.45, 7) is 0.426. The summed E-state index contributed by atoms with van der Waals surface area (Å²) >= 11 is 0. The van der Waals surface area contributed by atoms with E-state index in [1.165, 1.54) is 36.8 Å². The van der Waals surface area contributed by atoms with Gasteiger partial charge >= 0.3 is 6.18 Å². The molecule has 0 spiro atoms. The molecule has 218 valence electrons. The number of nitrogens with zero attached hydrogens (tertiary/aromatic N) is 4. The maximum Gasteiger partial charge on any atom is 0.422 e. The van der Waals surface area contributed by atoms with Crippen molar-refractivity contribution in [3.8, 4) is 39.6 Å². The molecule has 4 aromatic heterocycles. The molecule has 0 unspecified atom stereocenters. The van der Waals surface area contributed by atoms with Crippen molar-refractivity contribution in [1.29, 1.82) is 0 Å². The zero-order chi connectivity index (χ0) is 30.7. The molecule has 0 atom stereocenters. The molecule has 0 amide bonds. The van der Waals surface area contributed by atoms with Gasteiger partial charge in [-0.1, -0.05) is 0 Å². The van der Waals surface area contributed by atoms with Gasteiger partial charge < -0.3 is 24.9 Å². The van der Waals surface area contributed by atoms with Crippen molar-refractivity contribution in [3.05, 3.63) is 100.0 Å². The number of hydrogen-bond donors (Lipinski definition) is 4. The molecule has 6 rings (SSSR count). The highest BCUT2D eigenvalue weighted by molar-refractivity contribution is 5.90. The molecule has 11 nitrogen and oxygen atoms in total. The normalized spacial score (nSPS) is 11.3. The second-order valence-electron chi connectivity index (χ2n) is 9.20. The van der Waals surface area contributed by atoms with Crippen LogP contribution in [0.1, 0.15) is 5.56 Å². The van der Waals surface area contributed by atoms with Crippen LogP contribution in [0.2, 0.25) is 0 Å². The maximum atomic E-state index is 12.4. The van der Waals surface area contributed by atoms with Crippen molar-refractivity contribution in [2.75, 3.05) is 6.61 Å². The first-order chi connectivity index (χ1) is 20.5. The summed E-state index contributed by atoms with van der Waals surface area (Å²) in [7, 11) is 0. The van der Waals surface area contributed by atoms with E-state index in [2.05, 4.69) is 29.9 Å². The fraction of sp³-hybridized carbons (Fsp3) is 0.103. The van der Waals surface area contributed by atoms with E-state index in [0.717, 1.165) is 23.0 Å². The molecule has 0 bridgehead atoms. The van der Waals surface area contributed by atoms with Crippen LogP contribution >= 0.6 is 0 Å². The van der Waals surface area contributed by atoms with Gasteiger partial charge in [-0.05, 0) is 71.6 Å². The lowest BCUT2D eigenvalue weighted by atomic mass is 10.0. The Morgan fingerprint density at radius 3 is 1.95 bits per heavy atom. The number of fused-ring (bicyclic) bond motifs is 2. The van der Waals surface area contributed by atoms with Gasteiger partial charge in [0.05, 0.1) is 23.4 Å². The second kappa shape index (κ2) is 11.6. The minimum Gasteiger partial charge on any atom is -0.506 e. The highest BCUT2D eigenvalue weighted by atomic mass is 19.4. The third-order valence-electron chi connectivity index (χ3n) is 6.23. The summed E-state index contributed by atoms with van der Waals surface area (Å²) in [5, 5.41) is 20.5. The van der Waals surface area contributed by atoms with Crippen molar-refractivity contribution >= 4 is 21.8 Å². The fourth-order valence-corrected chi connectivity index (χ4v) is 4.31. The zero-order valence-electron chi connectivity index (χ0n) is 22.2. The van der Waals surface area contributed by atoms with Crippen LogP contribution in [-0.4, -0.2) is 52.9 Å². The third-order valence-corrected chi connectivity index (χ3v) is 6.23. The van der Waals surface area contributed by atoms with Gasteiger partial charge in [0.2, 0.25) is 5.88 Å². The number of H-pyrrole nitrogens is 2. The molecule has 43 heavy (non-hydrogen) atoms. The van der Waals surface area contributed by atoms with Crippen molar-refractivity contribution in [3.63, 3.8) is 0 Å². The maximum absolute atomic E-state index is 12.4. The first kappa shape index (κ1) is 28.7. The van der Waals surface area contributed by atoms with Crippen LogP contribution in [-0.2, 0) is 0 Å².